The summed E-state index contributed by atoms with van der Waals surface area (Å²) >= 11 is 0. The second kappa shape index (κ2) is 7.77. The Labute approximate surface area is 143 Å². The second-order valence-electron chi connectivity index (χ2n) is 6.45. The molecule has 0 bridgehead atoms. The van der Waals surface area contributed by atoms with E-state index in [2.05, 4.69) is 24.5 Å². The van der Waals surface area contributed by atoms with E-state index in [-0.39, 0.29) is 17.7 Å². The van der Waals surface area contributed by atoms with Crippen molar-refractivity contribution in [2.24, 2.45) is 5.92 Å². The zero-order valence-corrected chi connectivity index (χ0v) is 14.6. The van der Waals surface area contributed by atoms with Gasteiger partial charge in [0, 0.05) is 22.9 Å². The van der Waals surface area contributed by atoms with Crippen molar-refractivity contribution >= 4 is 23.2 Å². The number of carbonyl (C=O) groups is 2. The quantitative estimate of drug-likeness (QED) is 0.840. The summed E-state index contributed by atoms with van der Waals surface area (Å²) in [5.41, 5.74) is 3.23. The molecular formula is C20H24N2O2. The van der Waals surface area contributed by atoms with Crippen LogP contribution in [0.5, 0.6) is 0 Å². The highest BCUT2D eigenvalue weighted by atomic mass is 16.2. The number of anilines is 2. The number of carbonyl (C=O) groups excluding carboxylic acids is 2. The Morgan fingerprint density at radius 1 is 0.750 bits per heavy atom. The van der Waals surface area contributed by atoms with Gasteiger partial charge >= 0.3 is 0 Å². The van der Waals surface area contributed by atoms with Gasteiger partial charge in [0.1, 0.15) is 0 Å². The molecule has 0 spiro atoms. The molecule has 0 saturated carbocycles. The van der Waals surface area contributed by atoms with Gasteiger partial charge < -0.3 is 10.6 Å². The highest BCUT2D eigenvalue weighted by molar-refractivity contribution is 6.04. The van der Waals surface area contributed by atoms with Gasteiger partial charge in [-0.3, -0.25) is 9.59 Å². The third kappa shape index (κ3) is 4.69. The van der Waals surface area contributed by atoms with E-state index in [4.69, 9.17) is 0 Å². The molecule has 24 heavy (non-hydrogen) atoms. The molecular weight excluding hydrogens is 300 g/mol. The van der Waals surface area contributed by atoms with Crippen molar-refractivity contribution in [2.45, 2.75) is 33.6 Å². The minimum Gasteiger partial charge on any atom is -0.326 e. The normalized spacial score (nSPS) is 10.8. The second-order valence-corrected chi connectivity index (χ2v) is 6.45. The summed E-state index contributed by atoms with van der Waals surface area (Å²) in [4.78, 5) is 23.9. The first-order chi connectivity index (χ1) is 11.4. The molecule has 2 aromatic rings. The van der Waals surface area contributed by atoms with E-state index in [1.807, 2.05) is 38.1 Å². The molecule has 2 amide bonds. The largest absolute Gasteiger partial charge is 0.326 e. The summed E-state index contributed by atoms with van der Waals surface area (Å²) in [6.07, 6.45) is 0. The van der Waals surface area contributed by atoms with E-state index in [9.17, 15) is 9.59 Å². The topological polar surface area (TPSA) is 58.2 Å². The maximum absolute atomic E-state index is 12.3. The standard InChI is InChI=1S/C20H24N2O2/c1-13(2)15-5-9-18(10-6-15)22-20(24)16-7-11-17(12-8-16)21-19(23)14(3)4/h5-14H,1-4H3,(H,21,23)(H,22,24). The highest BCUT2D eigenvalue weighted by Gasteiger charge is 2.09. The van der Waals surface area contributed by atoms with Gasteiger partial charge in [0.05, 0.1) is 0 Å². The van der Waals surface area contributed by atoms with Gasteiger partial charge in [0.25, 0.3) is 5.91 Å². The highest BCUT2D eigenvalue weighted by Crippen LogP contribution is 2.18. The lowest BCUT2D eigenvalue weighted by atomic mass is 10.0. The lowest BCUT2D eigenvalue weighted by Gasteiger charge is -2.10. The first kappa shape index (κ1) is 17.7. The van der Waals surface area contributed by atoms with Gasteiger partial charge in [-0.15, -0.1) is 0 Å². The molecule has 4 heteroatoms. The summed E-state index contributed by atoms with van der Waals surface area (Å²) in [5, 5.41) is 5.68. The van der Waals surface area contributed by atoms with E-state index in [1.165, 1.54) is 5.56 Å². The Morgan fingerprint density at radius 3 is 1.75 bits per heavy atom. The average molecular weight is 324 g/mol. The maximum atomic E-state index is 12.3. The number of hydrogen-bond donors (Lipinski definition) is 2. The molecule has 0 radical (unpaired) electrons. The molecule has 0 fully saturated rings. The fourth-order valence-corrected chi connectivity index (χ4v) is 2.15. The number of hydrogen-bond acceptors (Lipinski definition) is 2. The summed E-state index contributed by atoms with van der Waals surface area (Å²) in [6.45, 7) is 7.93. The Balaban J connectivity index is 2.00. The maximum Gasteiger partial charge on any atom is 0.255 e. The summed E-state index contributed by atoms with van der Waals surface area (Å²) in [7, 11) is 0. The van der Waals surface area contributed by atoms with Crippen LogP contribution in [0.25, 0.3) is 0 Å². The molecule has 0 aromatic heterocycles. The zero-order chi connectivity index (χ0) is 17.7. The van der Waals surface area contributed by atoms with Crippen LogP contribution in [0.15, 0.2) is 48.5 Å². The minimum atomic E-state index is -0.172. The number of nitrogens with one attached hydrogen (secondary N) is 2. The summed E-state index contributed by atoms with van der Waals surface area (Å²) in [5.74, 6) is 0.164. The summed E-state index contributed by atoms with van der Waals surface area (Å²) in [6, 6.07) is 14.7. The monoisotopic (exact) mass is 324 g/mol. The van der Waals surface area contributed by atoms with Crippen LogP contribution < -0.4 is 10.6 Å². The number of amides is 2. The van der Waals surface area contributed by atoms with Gasteiger partial charge in [-0.1, -0.05) is 39.8 Å². The van der Waals surface area contributed by atoms with E-state index in [0.717, 1.165) is 5.69 Å². The van der Waals surface area contributed by atoms with Crippen molar-refractivity contribution in [1.29, 1.82) is 0 Å². The Kier molecular flexibility index (Phi) is 5.74. The van der Waals surface area contributed by atoms with E-state index < -0.39 is 0 Å². The van der Waals surface area contributed by atoms with Gasteiger partial charge in [-0.05, 0) is 47.9 Å². The molecule has 0 atom stereocenters. The van der Waals surface area contributed by atoms with Crippen LogP contribution in [-0.2, 0) is 4.79 Å². The van der Waals surface area contributed by atoms with Crippen LogP contribution in [0.3, 0.4) is 0 Å². The van der Waals surface area contributed by atoms with Crippen LogP contribution in [0, 0.1) is 5.92 Å². The van der Waals surface area contributed by atoms with Crippen LogP contribution in [0.1, 0.15) is 49.5 Å². The Bertz CT molecular complexity index is 701. The third-order valence-electron chi connectivity index (χ3n) is 3.77. The molecule has 0 aliphatic carbocycles. The van der Waals surface area contributed by atoms with Crippen molar-refractivity contribution in [3.05, 3.63) is 59.7 Å². The van der Waals surface area contributed by atoms with E-state index >= 15 is 0 Å². The third-order valence-corrected chi connectivity index (χ3v) is 3.77. The van der Waals surface area contributed by atoms with Crippen LogP contribution in [-0.4, -0.2) is 11.8 Å². The SMILES string of the molecule is CC(C)C(=O)Nc1ccc(C(=O)Nc2ccc(C(C)C)cc2)cc1. The van der Waals surface area contributed by atoms with Gasteiger partial charge in [-0.25, -0.2) is 0 Å². The number of rotatable bonds is 5. The van der Waals surface area contributed by atoms with Crippen molar-refractivity contribution in [3.63, 3.8) is 0 Å². The zero-order valence-electron chi connectivity index (χ0n) is 14.6. The molecule has 0 unspecified atom stereocenters. The molecule has 0 saturated heterocycles. The first-order valence-electron chi connectivity index (χ1n) is 8.19. The minimum absolute atomic E-state index is 0.0440. The van der Waals surface area contributed by atoms with Crippen molar-refractivity contribution < 1.29 is 9.59 Å². The summed E-state index contributed by atoms with van der Waals surface area (Å²) < 4.78 is 0. The first-order valence-corrected chi connectivity index (χ1v) is 8.19. The molecule has 2 N–H and O–H groups in total. The van der Waals surface area contributed by atoms with Crippen molar-refractivity contribution in [3.8, 4) is 0 Å². The van der Waals surface area contributed by atoms with Gasteiger partial charge in [0.15, 0.2) is 0 Å². The predicted octanol–water partition coefficient (Wildman–Crippen LogP) is 4.66. The molecule has 126 valence electrons. The van der Waals surface area contributed by atoms with E-state index in [0.29, 0.717) is 17.2 Å². The van der Waals surface area contributed by atoms with Crippen molar-refractivity contribution in [1.82, 2.24) is 0 Å². The molecule has 0 heterocycles. The molecule has 2 rings (SSSR count). The fourth-order valence-electron chi connectivity index (χ4n) is 2.15. The fraction of sp³-hybridized carbons (Fsp3) is 0.300. The van der Waals surface area contributed by atoms with Crippen molar-refractivity contribution in [2.75, 3.05) is 10.6 Å². The van der Waals surface area contributed by atoms with E-state index in [1.54, 1.807) is 24.3 Å². The molecule has 4 nitrogen and oxygen atoms in total. The lowest BCUT2D eigenvalue weighted by molar-refractivity contribution is -0.118. The predicted molar refractivity (Wildman–Crippen MR) is 98.4 cm³/mol. The average Bonchev–Trinajstić information content (AvgIpc) is 2.55. The van der Waals surface area contributed by atoms with Gasteiger partial charge in [0.2, 0.25) is 5.91 Å². The molecule has 0 aliphatic heterocycles. The lowest BCUT2D eigenvalue weighted by Crippen LogP contribution is -2.18. The van der Waals surface area contributed by atoms with Crippen LogP contribution in [0.4, 0.5) is 11.4 Å². The van der Waals surface area contributed by atoms with Crippen LogP contribution in [0.2, 0.25) is 0 Å². The smallest absolute Gasteiger partial charge is 0.255 e. The Hall–Kier alpha value is -2.62. The Morgan fingerprint density at radius 2 is 1.25 bits per heavy atom. The number of benzene rings is 2. The molecule has 0 aliphatic rings. The van der Waals surface area contributed by atoms with Gasteiger partial charge in [-0.2, -0.15) is 0 Å². The molecule has 2 aromatic carbocycles. The van der Waals surface area contributed by atoms with Crippen LogP contribution >= 0.6 is 0 Å².